The van der Waals surface area contributed by atoms with Crippen molar-refractivity contribution in [2.24, 2.45) is 0 Å². The van der Waals surface area contributed by atoms with Gasteiger partial charge in [0.15, 0.2) is 11.0 Å². The zero-order valence-electron chi connectivity index (χ0n) is 11.9. The second-order valence-corrected chi connectivity index (χ2v) is 5.42. The summed E-state index contributed by atoms with van der Waals surface area (Å²) in [4.78, 5) is 23.4. The summed E-state index contributed by atoms with van der Waals surface area (Å²) in [7, 11) is 0. The SMILES string of the molecule is CCCCn1c(SCC(=O)Nc2cc(C)on2)n[nH]c1=O. The summed E-state index contributed by atoms with van der Waals surface area (Å²) in [5.74, 6) is 0.912. The fourth-order valence-electron chi connectivity index (χ4n) is 1.66. The van der Waals surface area contributed by atoms with Crippen molar-refractivity contribution in [2.45, 2.75) is 38.4 Å². The van der Waals surface area contributed by atoms with E-state index in [1.165, 1.54) is 11.8 Å². The van der Waals surface area contributed by atoms with Crippen LogP contribution in [0.3, 0.4) is 0 Å². The number of aromatic amines is 1. The highest BCUT2D eigenvalue weighted by molar-refractivity contribution is 7.99. The van der Waals surface area contributed by atoms with Crippen LogP contribution in [0.25, 0.3) is 0 Å². The van der Waals surface area contributed by atoms with Crippen molar-refractivity contribution >= 4 is 23.5 Å². The molecule has 114 valence electrons. The first-order valence-electron chi connectivity index (χ1n) is 6.61. The highest BCUT2D eigenvalue weighted by atomic mass is 32.2. The van der Waals surface area contributed by atoms with Crippen molar-refractivity contribution in [3.05, 3.63) is 22.3 Å². The molecule has 0 aliphatic carbocycles. The molecule has 1 amide bonds. The van der Waals surface area contributed by atoms with Gasteiger partial charge in [0.2, 0.25) is 5.91 Å². The number of H-pyrrole nitrogens is 1. The van der Waals surface area contributed by atoms with Gasteiger partial charge in [-0.05, 0) is 13.3 Å². The van der Waals surface area contributed by atoms with E-state index in [9.17, 15) is 9.59 Å². The first-order valence-corrected chi connectivity index (χ1v) is 7.60. The van der Waals surface area contributed by atoms with Gasteiger partial charge in [0, 0.05) is 12.6 Å². The Balaban J connectivity index is 1.90. The lowest BCUT2D eigenvalue weighted by Crippen LogP contribution is -2.19. The Morgan fingerprint density at radius 3 is 3.05 bits per heavy atom. The molecule has 0 radical (unpaired) electrons. The summed E-state index contributed by atoms with van der Waals surface area (Å²) >= 11 is 1.20. The van der Waals surface area contributed by atoms with E-state index < -0.39 is 0 Å². The molecule has 0 aliphatic rings. The van der Waals surface area contributed by atoms with Gasteiger partial charge in [-0.3, -0.25) is 9.36 Å². The van der Waals surface area contributed by atoms with Crippen molar-refractivity contribution in [3.8, 4) is 0 Å². The molecule has 0 aromatic carbocycles. The van der Waals surface area contributed by atoms with Crippen molar-refractivity contribution in [3.63, 3.8) is 0 Å². The minimum atomic E-state index is -0.251. The average molecular weight is 311 g/mol. The number of aromatic nitrogens is 4. The number of amides is 1. The largest absolute Gasteiger partial charge is 0.360 e. The fraction of sp³-hybridized carbons (Fsp3) is 0.500. The molecule has 2 N–H and O–H groups in total. The molecule has 21 heavy (non-hydrogen) atoms. The fourth-order valence-corrected chi connectivity index (χ4v) is 2.43. The van der Waals surface area contributed by atoms with Crippen molar-refractivity contribution < 1.29 is 9.32 Å². The van der Waals surface area contributed by atoms with Crippen LogP contribution in [-0.2, 0) is 11.3 Å². The molecular weight excluding hydrogens is 294 g/mol. The number of carbonyl (C=O) groups excluding carboxylic acids is 1. The van der Waals surface area contributed by atoms with Gasteiger partial charge in [-0.25, -0.2) is 9.89 Å². The van der Waals surface area contributed by atoms with Gasteiger partial charge in [-0.15, -0.1) is 5.10 Å². The molecule has 0 saturated heterocycles. The topological polar surface area (TPSA) is 106 Å². The van der Waals surface area contributed by atoms with E-state index in [1.807, 2.05) is 6.92 Å². The summed E-state index contributed by atoms with van der Waals surface area (Å²) in [6, 6.07) is 1.63. The van der Waals surface area contributed by atoms with Crippen LogP contribution in [0.15, 0.2) is 20.5 Å². The van der Waals surface area contributed by atoms with Crippen LogP contribution in [0.1, 0.15) is 25.5 Å². The molecule has 2 rings (SSSR count). The third kappa shape index (κ3) is 4.22. The number of hydrogen-bond donors (Lipinski definition) is 2. The maximum atomic E-state index is 11.8. The Morgan fingerprint density at radius 2 is 2.38 bits per heavy atom. The monoisotopic (exact) mass is 311 g/mol. The maximum absolute atomic E-state index is 11.8. The molecule has 0 fully saturated rings. The molecular formula is C12H17N5O3S. The van der Waals surface area contributed by atoms with Crippen LogP contribution in [0.2, 0.25) is 0 Å². The minimum Gasteiger partial charge on any atom is -0.360 e. The van der Waals surface area contributed by atoms with Crippen molar-refractivity contribution in [1.82, 2.24) is 19.9 Å². The number of carbonyl (C=O) groups is 1. The Morgan fingerprint density at radius 1 is 1.57 bits per heavy atom. The predicted molar refractivity (Wildman–Crippen MR) is 78.3 cm³/mol. The van der Waals surface area contributed by atoms with E-state index in [0.717, 1.165) is 12.8 Å². The number of hydrogen-bond acceptors (Lipinski definition) is 6. The van der Waals surface area contributed by atoms with Crippen LogP contribution in [0, 0.1) is 6.92 Å². The van der Waals surface area contributed by atoms with Gasteiger partial charge in [0.1, 0.15) is 5.76 Å². The number of aryl methyl sites for hydroxylation is 1. The molecule has 2 heterocycles. The smallest absolute Gasteiger partial charge is 0.343 e. The van der Waals surface area contributed by atoms with E-state index in [-0.39, 0.29) is 17.3 Å². The predicted octanol–water partition coefficient (Wildman–Crippen LogP) is 1.40. The molecule has 0 aliphatic heterocycles. The van der Waals surface area contributed by atoms with Crippen LogP contribution >= 0.6 is 11.8 Å². The lowest BCUT2D eigenvalue weighted by Gasteiger charge is -2.04. The summed E-state index contributed by atoms with van der Waals surface area (Å²) in [5.41, 5.74) is -0.251. The van der Waals surface area contributed by atoms with Crippen LogP contribution < -0.4 is 11.0 Å². The van der Waals surface area contributed by atoms with E-state index in [2.05, 4.69) is 20.7 Å². The number of nitrogens with one attached hydrogen (secondary N) is 2. The van der Waals surface area contributed by atoms with E-state index in [0.29, 0.717) is 23.3 Å². The third-order valence-electron chi connectivity index (χ3n) is 2.69. The van der Waals surface area contributed by atoms with Crippen LogP contribution in [0.5, 0.6) is 0 Å². The Hall–Kier alpha value is -2.03. The molecule has 0 saturated carbocycles. The molecule has 0 spiro atoms. The number of anilines is 1. The van der Waals surface area contributed by atoms with Gasteiger partial charge < -0.3 is 9.84 Å². The van der Waals surface area contributed by atoms with Gasteiger partial charge in [-0.2, -0.15) is 0 Å². The van der Waals surface area contributed by atoms with E-state index in [1.54, 1.807) is 17.6 Å². The second kappa shape index (κ2) is 7.11. The highest BCUT2D eigenvalue weighted by Gasteiger charge is 2.12. The maximum Gasteiger partial charge on any atom is 0.343 e. The number of unbranched alkanes of at least 4 members (excludes halogenated alkanes) is 1. The van der Waals surface area contributed by atoms with Crippen molar-refractivity contribution in [2.75, 3.05) is 11.1 Å². The molecule has 2 aromatic rings. The van der Waals surface area contributed by atoms with Crippen LogP contribution in [-0.4, -0.2) is 31.6 Å². The quantitative estimate of drug-likeness (QED) is 0.749. The number of nitrogens with zero attached hydrogens (tertiary/aromatic N) is 3. The minimum absolute atomic E-state index is 0.141. The Bertz CT molecular complexity index is 660. The summed E-state index contributed by atoms with van der Waals surface area (Å²) in [5, 5.41) is 13.1. The van der Waals surface area contributed by atoms with Gasteiger partial charge in [0.05, 0.1) is 5.75 Å². The summed E-state index contributed by atoms with van der Waals surface area (Å²) in [6.45, 7) is 4.39. The van der Waals surface area contributed by atoms with Gasteiger partial charge in [0.25, 0.3) is 0 Å². The lowest BCUT2D eigenvalue weighted by molar-refractivity contribution is -0.113. The number of rotatable bonds is 7. The zero-order chi connectivity index (χ0) is 15.2. The third-order valence-corrected chi connectivity index (χ3v) is 3.66. The standard InChI is InChI=1S/C12H17N5O3S/c1-3-4-5-17-11(19)14-15-12(17)21-7-10(18)13-9-6-8(2)20-16-9/h6H,3-5,7H2,1-2H3,(H,14,19)(H,13,16,18). The average Bonchev–Trinajstić information content (AvgIpc) is 3.01. The first-order chi connectivity index (χ1) is 10.1. The summed E-state index contributed by atoms with van der Waals surface area (Å²) < 4.78 is 6.40. The number of thioether (sulfide) groups is 1. The molecule has 0 bridgehead atoms. The second-order valence-electron chi connectivity index (χ2n) is 4.48. The van der Waals surface area contributed by atoms with Crippen molar-refractivity contribution in [1.29, 1.82) is 0 Å². The molecule has 9 heteroatoms. The molecule has 8 nitrogen and oxygen atoms in total. The molecule has 0 unspecified atom stereocenters. The zero-order valence-corrected chi connectivity index (χ0v) is 12.7. The van der Waals surface area contributed by atoms with Gasteiger partial charge >= 0.3 is 5.69 Å². The first kappa shape index (κ1) is 15.4. The lowest BCUT2D eigenvalue weighted by atomic mass is 10.3. The summed E-state index contributed by atoms with van der Waals surface area (Å²) in [6.07, 6.45) is 1.87. The van der Waals surface area contributed by atoms with E-state index in [4.69, 9.17) is 4.52 Å². The Labute approximate surface area is 125 Å². The Kier molecular flexibility index (Phi) is 5.20. The molecule has 0 atom stereocenters. The molecule has 2 aromatic heterocycles. The van der Waals surface area contributed by atoms with Gasteiger partial charge in [-0.1, -0.05) is 30.3 Å². The normalized spacial score (nSPS) is 10.8. The van der Waals surface area contributed by atoms with Crippen LogP contribution in [0.4, 0.5) is 5.82 Å². The highest BCUT2D eigenvalue weighted by Crippen LogP contribution is 2.14. The van der Waals surface area contributed by atoms with E-state index >= 15 is 0 Å².